The highest BCUT2D eigenvalue weighted by atomic mass is 79.9. The lowest BCUT2D eigenvalue weighted by atomic mass is 10.1. The zero-order chi connectivity index (χ0) is 17.1. The average Bonchev–Trinajstić information content (AvgIpc) is 2.58. The van der Waals surface area contributed by atoms with Gasteiger partial charge in [0.05, 0.1) is 28.9 Å². The van der Waals surface area contributed by atoms with Gasteiger partial charge in [-0.1, -0.05) is 0 Å². The Morgan fingerprint density at radius 2 is 2.38 bits per heavy atom. The maximum Gasteiger partial charge on any atom is 0.341 e. The van der Waals surface area contributed by atoms with Gasteiger partial charge in [-0.05, 0) is 41.8 Å². The van der Waals surface area contributed by atoms with E-state index in [0.717, 1.165) is 19.4 Å². The van der Waals surface area contributed by atoms with Crippen LogP contribution in [0.5, 0.6) is 0 Å². The molecule has 2 aromatic rings. The summed E-state index contributed by atoms with van der Waals surface area (Å²) in [6.07, 6.45) is 3.32. The Labute approximate surface area is 147 Å². The normalized spacial score (nSPS) is 17.7. The van der Waals surface area contributed by atoms with Crippen molar-refractivity contribution in [1.82, 2.24) is 4.98 Å². The molecule has 1 aliphatic rings. The predicted molar refractivity (Wildman–Crippen MR) is 92.8 cm³/mol. The van der Waals surface area contributed by atoms with Gasteiger partial charge in [-0.15, -0.1) is 0 Å². The highest BCUT2D eigenvalue weighted by molar-refractivity contribution is 9.10. The second kappa shape index (κ2) is 7.44. The van der Waals surface area contributed by atoms with Crippen LogP contribution >= 0.6 is 15.9 Å². The third-order valence-corrected chi connectivity index (χ3v) is 4.52. The number of fused-ring (bicyclic) bond motifs is 1. The van der Waals surface area contributed by atoms with Crippen LogP contribution in [0.1, 0.15) is 30.1 Å². The van der Waals surface area contributed by atoms with Crippen molar-refractivity contribution in [2.24, 2.45) is 0 Å². The van der Waals surface area contributed by atoms with E-state index in [1.165, 1.54) is 12.3 Å². The molecular formula is C17H18BrFN2O3. The second-order valence-electron chi connectivity index (χ2n) is 5.61. The van der Waals surface area contributed by atoms with Gasteiger partial charge in [0.1, 0.15) is 11.4 Å². The lowest BCUT2D eigenvalue weighted by Crippen LogP contribution is -2.31. The molecule has 3 rings (SSSR count). The molecule has 1 fully saturated rings. The van der Waals surface area contributed by atoms with Crippen LogP contribution in [-0.2, 0) is 9.47 Å². The lowest BCUT2D eigenvalue weighted by molar-refractivity contribution is 0.0526. The van der Waals surface area contributed by atoms with Gasteiger partial charge in [0.25, 0.3) is 0 Å². The maximum absolute atomic E-state index is 13.8. The summed E-state index contributed by atoms with van der Waals surface area (Å²) < 4.78 is 24.7. The van der Waals surface area contributed by atoms with Crippen LogP contribution in [0.25, 0.3) is 10.9 Å². The molecule has 0 unspecified atom stereocenters. The quantitative estimate of drug-likeness (QED) is 0.793. The molecule has 1 atom stereocenters. The van der Waals surface area contributed by atoms with Crippen LogP contribution in [0, 0.1) is 5.82 Å². The average molecular weight is 397 g/mol. The van der Waals surface area contributed by atoms with Crippen LogP contribution in [0.3, 0.4) is 0 Å². The minimum Gasteiger partial charge on any atom is -0.462 e. The molecule has 1 aromatic carbocycles. The van der Waals surface area contributed by atoms with Crippen molar-refractivity contribution in [3.63, 3.8) is 0 Å². The minimum atomic E-state index is -0.452. The molecule has 0 aliphatic carbocycles. The summed E-state index contributed by atoms with van der Waals surface area (Å²) >= 11 is 3.20. The molecule has 2 heterocycles. The van der Waals surface area contributed by atoms with Gasteiger partial charge >= 0.3 is 5.97 Å². The van der Waals surface area contributed by atoms with Gasteiger partial charge < -0.3 is 14.8 Å². The Hall–Kier alpha value is -1.73. The van der Waals surface area contributed by atoms with E-state index in [9.17, 15) is 9.18 Å². The van der Waals surface area contributed by atoms with E-state index in [2.05, 4.69) is 26.2 Å². The van der Waals surface area contributed by atoms with E-state index in [1.807, 2.05) is 0 Å². The molecule has 0 saturated carbocycles. The van der Waals surface area contributed by atoms with Crippen LogP contribution in [0.2, 0.25) is 0 Å². The molecule has 24 heavy (non-hydrogen) atoms. The van der Waals surface area contributed by atoms with Gasteiger partial charge in [0, 0.05) is 30.3 Å². The summed E-state index contributed by atoms with van der Waals surface area (Å²) in [6, 6.07) is 3.06. The van der Waals surface area contributed by atoms with E-state index in [-0.39, 0.29) is 12.6 Å². The van der Waals surface area contributed by atoms with E-state index in [1.54, 1.807) is 13.0 Å². The summed E-state index contributed by atoms with van der Waals surface area (Å²) in [5, 5.41) is 4.04. The second-order valence-corrected chi connectivity index (χ2v) is 6.46. The third-order valence-electron chi connectivity index (χ3n) is 3.91. The topological polar surface area (TPSA) is 60.5 Å². The Morgan fingerprint density at radius 3 is 3.08 bits per heavy atom. The van der Waals surface area contributed by atoms with Crippen LogP contribution < -0.4 is 5.32 Å². The number of nitrogens with one attached hydrogen (secondary N) is 1. The number of nitrogens with zero attached hydrogens (tertiary/aromatic N) is 1. The number of pyridine rings is 1. The Morgan fingerprint density at radius 1 is 1.54 bits per heavy atom. The van der Waals surface area contributed by atoms with Crippen molar-refractivity contribution in [2.75, 3.05) is 25.1 Å². The smallest absolute Gasteiger partial charge is 0.341 e. The van der Waals surface area contributed by atoms with Crippen molar-refractivity contribution in [3.8, 4) is 0 Å². The fourth-order valence-electron chi connectivity index (χ4n) is 2.76. The first-order valence-corrected chi connectivity index (χ1v) is 8.68. The molecule has 1 saturated heterocycles. The lowest BCUT2D eigenvalue weighted by Gasteiger charge is -2.25. The van der Waals surface area contributed by atoms with Gasteiger partial charge in [-0.25, -0.2) is 9.18 Å². The minimum absolute atomic E-state index is 0.0846. The SMILES string of the molecule is CCOC(=O)c1cnc2cc(F)c(Br)cc2c1N[C@@H]1CCCOC1. The van der Waals surface area contributed by atoms with Crippen molar-refractivity contribution in [1.29, 1.82) is 0 Å². The number of ether oxygens (including phenoxy) is 2. The first kappa shape index (κ1) is 17.1. The molecule has 5 nitrogen and oxygen atoms in total. The van der Waals surface area contributed by atoms with Crippen molar-refractivity contribution in [3.05, 3.63) is 34.2 Å². The summed E-state index contributed by atoms with van der Waals surface area (Å²) in [5.41, 5.74) is 1.42. The molecule has 0 spiro atoms. The highest BCUT2D eigenvalue weighted by Gasteiger charge is 2.22. The first-order chi connectivity index (χ1) is 11.6. The monoisotopic (exact) mass is 396 g/mol. The third kappa shape index (κ3) is 3.52. The van der Waals surface area contributed by atoms with Crippen LogP contribution in [0.15, 0.2) is 22.8 Å². The molecule has 0 bridgehead atoms. The summed E-state index contributed by atoms with van der Waals surface area (Å²) in [7, 11) is 0. The number of hydrogen-bond donors (Lipinski definition) is 1. The van der Waals surface area contributed by atoms with Gasteiger partial charge in [-0.2, -0.15) is 0 Å². The highest BCUT2D eigenvalue weighted by Crippen LogP contribution is 2.32. The maximum atomic E-state index is 13.8. The predicted octanol–water partition coefficient (Wildman–Crippen LogP) is 3.90. The number of carbonyl (C=O) groups excluding carboxylic acids is 1. The molecule has 0 radical (unpaired) electrons. The fraction of sp³-hybridized carbons (Fsp3) is 0.412. The van der Waals surface area contributed by atoms with Crippen LogP contribution in [0.4, 0.5) is 10.1 Å². The summed E-state index contributed by atoms with van der Waals surface area (Å²) in [4.78, 5) is 16.5. The molecule has 1 aromatic heterocycles. The summed E-state index contributed by atoms with van der Waals surface area (Å²) in [6.45, 7) is 3.33. The number of halogens is 2. The molecule has 7 heteroatoms. The zero-order valence-electron chi connectivity index (χ0n) is 13.3. The largest absolute Gasteiger partial charge is 0.462 e. The Kier molecular flexibility index (Phi) is 5.30. The van der Waals surface area contributed by atoms with E-state index in [0.29, 0.717) is 33.2 Å². The zero-order valence-corrected chi connectivity index (χ0v) is 14.9. The first-order valence-electron chi connectivity index (χ1n) is 7.89. The number of anilines is 1. The van der Waals surface area contributed by atoms with Crippen LogP contribution in [-0.4, -0.2) is 36.8 Å². The summed E-state index contributed by atoms with van der Waals surface area (Å²) in [5.74, 6) is -0.850. The van der Waals surface area contributed by atoms with E-state index < -0.39 is 11.8 Å². The van der Waals surface area contributed by atoms with Crippen molar-refractivity contribution in [2.45, 2.75) is 25.8 Å². The number of hydrogen-bond acceptors (Lipinski definition) is 5. The molecule has 128 valence electrons. The molecular weight excluding hydrogens is 379 g/mol. The van der Waals surface area contributed by atoms with E-state index in [4.69, 9.17) is 9.47 Å². The number of carbonyl (C=O) groups is 1. The molecule has 1 N–H and O–H groups in total. The molecule has 0 amide bonds. The van der Waals surface area contributed by atoms with Crippen molar-refractivity contribution >= 4 is 38.5 Å². The molecule has 1 aliphatic heterocycles. The van der Waals surface area contributed by atoms with Gasteiger partial charge in [0.15, 0.2) is 0 Å². The number of benzene rings is 1. The fourth-order valence-corrected chi connectivity index (χ4v) is 3.11. The van der Waals surface area contributed by atoms with Gasteiger partial charge in [0.2, 0.25) is 0 Å². The standard InChI is InChI=1S/C17H18BrFN2O3/c1-2-24-17(22)12-8-20-15-7-14(19)13(18)6-11(15)16(12)21-10-4-3-5-23-9-10/h6-8,10H,2-5,9H2,1H3,(H,20,21)/t10-/m1/s1. The Bertz CT molecular complexity index is 763. The van der Waals surface area contributed by atoms with Gasteiger partial charge in [-0.3, -0.25) is 4.98 Å². The van der Waals surface area contributed by atoms with E-state index >= 15 is 0 Å². The number of aromatic nitrogens is 1. The Balaban J connectivity index is 2.09. The number of esters is 1. The number of rotatable bonds is 4. The van der Waals surface area contributed by atoms with Crippen molar-refractivity contribution < 1.29 is 18.7 Å².